The number of carbonyl (C=O) groups is 2. The van der Waals surface area contributed by atoms with Gasteiger partial charge < -0.3 is 19.4 Å². The summed E-state index contributed by atoms with van der Waals surface area (Å²) in [6.07, 6.45) is 1.55. The molecule has 30 heavy (non-hydrogen) atoms. The van der Waals surface area contributed by atoms with Crippen molar-refractivity contribution in [2.75, 3.05) is 47.4 Å². The topological polar surface area (TPSA) is 53.1 Å². The lowest BCUT2D eigenvalue weighted by atomic mass is 9.90. The van der Waals surface area contributed by atoms with Crippen LogP contribution in [0.3, 0.4) is 0 Å². The van der Waals surface area contributed by atoms with Crippen LogP contribution in [-0.2, 0) is 16.0 Å². The molecule has 0 saturated heterocycles. The van der Waals surface area contributed by atoms with Gasteiger partial charge in [0, 0.05) is 45.8 Å². The van der Waals surface area contributed by atoms with Crippen LogP contribution in [0.15, 0.2) is 35.7 Å². The van der Waals surface area contributed by atoms with Gasteiger partial charge in [0.1, 0.15) is 6.54 Å². The van der Waals surface area contributed by atoms with Crippen LogP contribution in [0.4, 0.5) is 4.79 Å². The van der Waals surface area contributed by atoms with Gasteiger partial charge in [-0.1, -0.05) is 24.3 Å². The van der Waals surface area contributed by atoms with E-state index in [1.807, 2.05) is 17.0 Å². The van der Waals surface area contributed by atoms with Crippen molar-refractivity contribution >= 4 is 23.3 Å². The number of urea groups is 1. The number of carbonyl (C=O) groups excluding carboxylic acids is 2. The molecule has 2 heterocycles. The summed E-state index contributed by atoms with van der Waals surface area (Å²) in [6, 6.07) is 10.1. The lowest BCUT2D eigenvalue weighted by Crippen LogP contribution is -2.49. The highest BCUT2D eigenvalue weighted by atomic mass is 32.1. The molecule has 1 aromatic carbocycles. The summed E-state index contributed by atoms with van der Waals surface area (Å²) in [5.74, 6) is -0.0206. The van der Waals surface area contributed by atoms with E-state index in [-0.39, 0.29) is 24.5 Å². The monoisotopic (exact) mass is 429 g/mol. The molecule has 0 saturated carbocycles. The lowest BCUT2D eigenvalue weighted by molar-refractivity contribution is -0.134. The highest BCUT2D eigenvalue weighted by Crippen LogP contribution is 2.38. The minimum Gasteiger partial charge on any atom is -0.385 e. The van der Waals surface area contributed by atoms with Crippen LogP contribution in [-0.4, -0.2) is 74.1 Å². The van der Waals surface area contributed by atoms with Crippen LogP contribution >= 0.6 is 11.3 Å². The Balaban J connectivity index is 1.87. The normalized spacial score (nSPS) is 15.6. The molecule has 1 aliphatic heterocycles. The second-order valence-corrected chi connectivity index (χ2v) is 8.84. The van der Waals surface area contributed by atoms with Gasteiger partial charge in [-0.3, -0.25) is 4.79 Å². The molecule has 0 unspecified atom stereocenters. The van der Waals surface area contributed by atoms with Crippen LogP contribution in [0.1, 0.15) is 34.0 Å². The zero-order valence-corrected chi connectivity index (χ0v) is 19.1. The summed E-state index contributed by atoms with van der Waals surface area (Å²) in [7, 11) is 5.07. The maximum atomic E-state index is 13.5. The van der Waals surface area contributed by atoms with E-state index < -0.39 is 0 Å². The number of ether oxygens (including phenoxy) is 1. The quantitative estimate of drug-likeness (QED) is 0.633. The molecule has 1 atom stereocenters. The van der Waals surface area contributed by atoms with Crippen molar-refractivity contribution in [3.05, 3.63) is 57.3 Å². The molecule has 0 fully saturated rings. The number of benzene rings is 1. The van der Waals surface area contributed by atoms with Gasteiger partial charge in [0.2, 0.25) is 5.91 Å². The molecule has 1 aromatic heterocycles. The molecule has 7 heteroatoms. The van der Waals surface area contributed by atoms with Crippen LogP contribution in [0.25, 0.3) is 0 Å². The molecule has 3 amide bonds. The summed E-state index contributed by atoms with van der Waals surface area (Å²) in [5, 5.41) is 2.11. The highest BCUT2D eigenvalue weighted by molar-refractivity contribution is 7.10. The second kappa shape index (κ2) is 10.1. The molecule has 2 aromatic rings. The van der Waals surface area contributed by atoms with Crippen molar-refractivity contribution in [3.8, 4) is 0 Å². The van der Waals surface area contributed by atoms with Crippen LogP contribution in [0.2, 0.25) is 0 Å². The molecule has 0 spiro atoms. The smallest absolute Gasteiger partial charge is 0.319 e. The number of hydrogen-bond acceptors (Lipinski definition) is 4. The van der Waals surface area contributed by atoms with Gasteiger partial charge in [-0.25, -0.2) is 4.79 Å². The van der Waals surface area contributed by atoms with Crippen molar-refractivity contribution in [2.45, 2.75) is 25.8 Å². The Kier molecular flexibility index (Phi) is 7.50. The second-order valence-electron chi connectivity index (χ2n) is 7.84. The molecule has 162 valence electrons. The number of aryl methyl sites for hydroxylation is 1. The minimum atomic E-state index is -0.153. The third-order valence-electron chi connectivity index (χ3n) is 5.53. The van der Waals surface area contributed by atoms with Crippen molar-refractivity contribution in [1.29, 1.82) is 0 Å². The first-order valence-electron chi connectivity index (χ1n) is 10.3. The summed E-state index contributed by atoms with van der Waals surface area (Å²) < 4.78 is 5.13. The van der Waals surface area contributed by atoms with Gasteiger partial charge in [-0.05, 0) is 47.9 Å². The molecule has 0 N–H and O–H groups in total. The molecule has 0 radical (unpaired) electrons. The van der Waals surface area contributed by atoms with E-state index >= 15 is 0 Å². The van der Waals surface area contributed by atoms with E-state index in [1.165, 1.54) is 20.9 Å². The maximum Gasteiger partial charge on any atom is 0.319 e. The van der Waals surface area contributed by atoms with Gasteiger partial charge in [0.25, 0.3) is 0 Å². The van der Waals surface area contributed by atoms with Gasteiger partial charge in [0.05, 0.1) is 6.04 Å². The highest BCUT2D eigenvalue weighted by Gasteiger charge is 2.34. The standard InChI is InChI=1S/C23H31N3O3S/c1-17-8-5-6-9-18(17)22-19-11-15-30-20(19)10-13-26(22)21(27)16-25(12-7-14-29-4)23(28)24(2)3/h5-6,8-9,11,15,22H,7,10,12-14,16H2,1-4H3/t22-/m1/s1. The van der Waals surface area contributed by atoms with E-state index in [2.05, 4.69) is 30.5 Å². The Labute approximate surface area is 183 Å². The van der Waals surface area contributed by atoms with Gasteiger partial charge in [-0.15, -0.1) is 11.3 Å². The molecule has 6 nitrogen and oxygen atoms in total. The first kappa shape index (κ1) is 22.3. The number of nitrogens with zero attached hydrogens (tertiary/aromatic N) is 3. The minimum absolute atomic E-state index is 0.0206. The fourth-order valence-corrected chi connectivity index (χ4v) is 4.90. The number of methoxy groups -OCH3 is 1. The maximum absolute atomic E-state index is 13.5. The van der Waals surface area contributed by atoms with E-state index in [4.69, 9.17) is 4.74 Å². The molecular weight excluding hydrogens is 398 g/mol. The van der Waals surface area contributed by atoms with Gasteiger partial charge in [-0.2, -0.15) is 0 Å². The largest absolute Gasteiger partial charge is 0.385 e. The van der Waals surface area contributed by atoms with Crippen LogP contribution in [0, 0.1) is 6.92 Å². The predicted molar refractivity (Wildman–Crippen MR) is 120 cm³/mol. The number of hydrogen-bond donors (Lipinski definition) is 0. The van der Waals surface area contributed by atoms with E-state index in [0.29, 0.717) is 26.1 Å². The zero-order chi connectivity index (χ0) is 21.7. The fourth-order valence-electron chi connectivity index (χ4n) is 3.99. The summed E-state index contributed by atoms with van der Waals surface area (Å²) in [5.41, 5.74) is 3.52. The first-order chi connectivity index (χ1) is 14.4. The van der Waals surface area contributed by atoms with Gasteiger partial charge >= 0.3 is 6.03 Å². The van der Waals surface area contributed by atoms with Gasteiger partial charge in [0.15, 0.2) is 0 Å². The number of fused-ring (bicyclic) bond motifs is 1. The van der Waals surface area contributed by atoms with Crippen molar-refractivity contribution in [1.82, 2.24) is 14.7 Å². The SMILES string of the molecule is COCCCN(CC(=O)N1CCc2sccc2[C@H]1c1ccccc1C)C(=O)N(C)C. The molecule has 1 aliphatic rings. The number of rotatable bonds is 7. The van der Waals surface area contributed by atoms with E-state index in [9.17, 15) is 9.59 Å². The van der Waals surface area contributed by atoms with Crippen molar-refractivity contribution < 1.29 is 14.3 Å². The third-order valence-corrected chi connectivity index (χ3v) is 6.52. The third kappa shape index (κ3) is 4.84. The number of amides is 3. The summed E-state index contributed by atoms with van der Waals surface area (Å²) in [6.45, 7) is 3.86. The molecule has 0 bridgehead atoms. The Morgan fingerprint density at radius 3 is 2.67 bits per heavy atom. The molecule has 0 aliphatic carbocycles. The average Bonchev–Trinajstić information content (AvgIpc) is 3.21. The van der Waals surface area contributed by atoms with E-state index in [1.54, 1.807) is 37.4 Å². The Morgan fingerprint density at radius 1 is 1.20 bits per heavy atom. The lowest BCUT2D eigenvalue weighted by Gasteiger charge is -2.38. The average molecular weight is 430 g/mol. The predicted octanol–water partition coefficient (Wildman–Crippen LogP) is 3.55. The first-order valence-corrected chi connectivity index (χ1v) is 11.2. The molecular formula is C23H31N3O3S. The fraction of sp³-hybridized carbons (Fsp3) is 0.478. The Morgan fingerprint density at radius 2 is 1.97 bits per heavy atom. The Hall–Kier alpha value is -2.38. The van der Waals surface area contributed by atoms with Crippen molar-refractivity contribution in [3.63, 3.8) is 0 Å². The van der Waals surface area contributed by atoms with Crippen LogP contribution in [0.5, 0.6) is 0 Å². The zero-order valence-electron chi connectivity index (χ0n) is 18.3. The summed E-state index contributed by atoms with van der Waals surface area (Å²) >= 11 is 1.76. The Bertz CT molecular complexity index is 880. The number of thiophene rings is 1. The van der Waals surface area contributed by atoms with E-state index in [0.717, 1.165) is 12.0 Å². The molecule has 3 rings (SSSR count). The van der Waals surface area contributed by atoms with Crippen LogP contribution < -0.4 is 0 Å². The van der Waals surface area contributed by atoms with Crippen molar-refractivity contribution in [2.24, 2.45) is 0 Å². The summed E-state index contributed by atoms with van der Waals surface area (Å²) in [4.78, 5) is 32.6.